The molecule has 0 amide bonds. The van der Waals surface area contributed by atoms with Crippen LogP contribution in [0.2, 0.25) is 0 Å². The molecule has 24 heavy (non-hydrogen) atoms. The van der Waals surface area contributed by atoms with Crippen molar-refractivity contribution < 1.29 is 8.42 Å². The number of hydrogen-bond donors (Lipinski definition) is 2. The molecule has 2 heterocycles. The largest absolute Gasteiger partial charge is 0.348 e. The van der Waals surface area contributed by atoms with E-state index in [9.17, 15) is 18.0 Å². The molecule has 0 atom stereocenters. The molecule has 0 fully saturated rings. The maximum atomic E-state index is 12.5. The molecule has 2 aromatic heterocycles. The van der Waals surface area contributed by atoms with Gasteiger partial charge in [-0.15, -0.1) is 0 Å². The van der Waals surface area contributed by atoms with Crippen LogP contribution in [0.3, 0.4) is 0 Å². The Morgan fingerprint density at radius 3 is 2.62 bits per heavy atom. The predicted octanol–water partition coefficient (Wildman–Crippen LogP) is -0.0417. The summed E-state index contributed by atoms with van der Waals surface area (Å²) in [5, 5.41) is 7.96. The summed E-state index contributed by atoms with van der Waals surface area (Å²) in [4.78, 5) is 28.8. The molecule has 0 unspecified atom stereocenters. The minimum atomic E-state index is -3.79. The Balaban J connectivity index is 2.33. The Bertz CT molecular complexity index is 1150. The average Bonchev–Trinajstić information content (AvgIpc) is 2.51. The monoisotopic (exact) mass is 347 g/mol. The van der Waals surface area contributed by atoms with Crippen LogP contribution in [0.4, 0.5) is 0 Å². The summed E-state index contributed by atoms with van der Waals surface area (Å²) in [5.41, 5.74) is 0.665. The molecule has 0 aliphatic carbocycles. The van der Waals surface area contributed by atoms with Crippen LogP contribution in [-0.2, 0) is 10.0 Å². The van der Waals surface area contributed by atoms with E-state index >= 15 is 0 Å². The molecule has 9 nitrogen and oxygen atoms in total. The number of aromatic amines is 1. The quantitative estimate of drug-likeness (QED) is 0.684. The van der Waals surface area contributed by atoms with Crippen molar-refractivity contribution in [2.75, 3.05) is 11.1 Å². The third-order valence-corrected chi connectivity index (χ3v) is 3.86. The number of H-pyrrole nitrogens is 1. The molecule has 0 saturated heterocycles. The van der Waals surface area contributed by atoms with Gasteiger partial charge in [-0.1, -0.05) is 0 Å². The zero-order chi connectivity index (χ0) is 17.5. The zero-order valence-electron chi connectivity index (χ0n) is 12.8. The first-order chi connectivity index (χ1) is 11.3. The smallest absolute Gasteiger partial charge is 0.305 e. The predicted molar refractivity (Wildman–Crippen MR) is 88.8 cm³/mol. The highest BCUT2D eigenvalue weighted by atomic mass is 32.2. The fourth-order valence-electron chi connectivity index (χ4n) is 2.34. The third kappa shape index (κ3) is 2.91. The van der Waals surface area contributed by atoms with Crippen molar-refractivity contribution in [1.82, 2.24) is 19.9 Å². The highest BCUT2D eigenvalue weighted by molar-refractivity contribution is 7.91. The first-order valence-corrected chi connectivity index (χ1v) is 8.71. The highest BCUT2D eigenvalue weighted by Gasteiger charge is 2.14. The van der Waals surface area contributed by atoms with Gasteiger partial charge < -0.3 is 4.98 Å². The van der Waals surface area contributed by atoms with E-state index < -0.39 is 21.3 Å². The van der Waals surface area contributed by atoms with Gasteiger partial charge in [-0.05, 0) is 36.8 Å². The summed E-state index contributed by atoms with van der Waals surface area (Å²) in [6.07, 6.45) is 2.38. The van der Waals surface area contributed by atoms with Gasteiger partial charge in [0, 0.05) is 11.8 Å². The maximum absolute atomic E-state index is 12.5. The summed E-state index contributed by atoms with van der Waals surface area (Å²) in [6, 6.07) is 6.63. The average molecular weight is 347 g/mol. The van der Waals surface area contributed by atoms with Gasteiger partial charge in [0.05, 0.1) is 22.9 Å². The van der Waals surface area contributed by atoms with Crippen LogP contribution >= 0.6 is 0 Å². The van der Waals surface area contributed by atoms with Gasteiger partial charge in [0.25, 0.3) is 5.56 Å². The molecule has 0 aliphatic heterocycles. The van der Waals surface area contributed by atoms with Crippen molar-refractivity contribution in [3.63, 3.8) is 0 Å². The summed E-state index contributed by atoms with van der Waals surface area (Å²) in [6.45, 7) is 1.81. The molecule has 124 valence electrons. The van der Waals surface area contributed by atoms with E-state index in [1.807, 2.05) is 11.8 Å². The van der Waals surface area contributed by atoms with E-state index in [1.54, 1.807) is 24.3 Å². The number of sulfonamides is 1. The lowest BCUT2D eigenvalue weighted by molar-refractivity contribution is 0.598. The van der Waals surface area contributed by atoms with Gasteiger partial charge in [0.2, 0.25) is 10.0 Å². The number of hydrogen-bond acceptors (Lipinski definition) is 6. The minimum absolute atomic E-state index is 0.150. The van der Waals surface area contributed by atoms with Gasteiger partial charge in [0.15, 0.2) is 0 Å². The molecule has 3 aromatic rings. The van der Waals surface area contributed by atoms with Gasteiger partial charge in [0.1, 0.15) is 0 Å². The molecule has 0 aliphatic rings. The minimum Gasteiger partial charge on any atom is -0.305 e. The third-order valence-electron chi connectivity index (χ3n) is 3.35. The molecular formula is C14H13N5O4S. The summed E-state index contributed by atoms with van der Waals surface area (Å²) < 4.78 is 23.1. The first kappa shape index (κ1) is 15.9. The van der Waals surface area contributed by atoms with Crippen LogP contribution < -0.4 is 16.1 Å². The van der Waals surface area contributed by atoms with Crippen LogP contribution in [0.1, 0.15) is 5.56 Å². The standard InChI is InChI=1S/C14H13N5O4S/c1-8-6-12-10(7-9(8)11-4-3-5-15-17-11)13(20)19(14(21)16-12)18-24(2,22)23/h3-7,18H,1-2H3,(H,16,21). The van der Waals surface area contributed by atoms with Crippen molar-refractivity contribution in [1.29, 1.82) is 0 Å². The van der Waals surface area contributed by atoms with Crippen molar-refractivity contribution in [2.45, 2.75) is 6.92 Å². The lowest BCUT2D eigenvalue weighted by atomic mass is 10.0. The number of rotatable bonds is 3. The van der Waals surface area contributed by atoms with Crippen molar-refractivity contribution in [2.24, 2.45) is 0 Å². The second-order valence-electron chi connectivity index (χ2n) is 5.26. The maximum Gasteiger partial charge on any atom is 0.348 e. The van der Waals surface area contributed by atoms with E-state index in [1.165, 1.54) is 6.20 Å². The zero-order valence-corrected chi connectivity index (χ0v) is 13.6. The number of nitrogens with zero attached hydrogens (tertiary/aromatic N) is 3. The fraction of sp³-hybridized carbons (Fsp3) is 0.143. The second-order valence-corrected chi connectivity index (χ2v) is 6.98. The highest BCUT2D eigenvalue weighted by Crippen LogP contribution is 2.23. The van der Waals surface area contributed by atoms with Gasteiger partial charge in [-0.2, -0.15) is 14.9 Å². The molecule has 0 bridgehead atoms. The van der Waals surface area contributed by atoms with Crippen LogP contribution in [0.15, 0.2) is 40.1 Å². The Hall–Kier alpha value is -3.01. The van der Waals surface area contributed by atoms with E-state index in [2.05, 4.69) is 15.2 Å². The Morgan fingerprint density at radius 2 is 2.00 bits per heavy atom. The van der Waals surface area contributed by atoms with Crippen molar-refractivity contribution in [3.05, 3.63) is 56.9 Å². The molecule has 0 spiro atoms. The van der Waals surface area contributed by atoms with E-state index in [0.717, 1.165) is 11.8 Å². The molecule has 3 rings (SSSR count). The lowest BCUT2D eigenvalue weighted by Gasteiger charge is -2.10. The summed E-state index contributed by atoms with van der Waals surface area (Å²) in [7, 11) is -3.79. The van der Waals surface area contributed by atoms with Gasteiger partial charge in [-0.25, -0.2) is 18.0 Å². The van der Waals surface area contributed by atoms with Gasteiger partial charge >= 0.3 is 5.69 Å². The summed E-state index contributed by atoms with van der Waals surface area (Å²) >= 11 is 0. The molecule has 2 N–H and O–H groups in total. The molecule has 0 radical (unpaired) electrons. The number of aromatic nitrogens is 4. The SMILES string of the molecule is Cc1cc2[nH]c(=O)n(NS(C)(=O)=O)c(=O)c2cc1-c1cccnn1. The Morgan fingerprint density at radius 1 is 1.25 bits per heavy atom. The molecule has 10 heteroatoms. The van der Waals surface area contributed by atoms with Crippen molar-refractivity contribution >= 4 is 20.9 Å². The fourth-order valence-corrected chi connectivity index (χ4v) is 2.84. The van der Waals surface area contributed by atoms with Gasteiger partial charge in [-0.3, -0.25) is 4.79 Å². The number of fused-ring (bicyclic) bond motifs is 1. The number of nitrogens with one attached hydrogen (secondary N) is 2. The Labute approximate surface area is 136 Å². The number of benzene rings is 1. The first-order valence-electron chi connectivity index (χ1n) is 6.82. The molecule has 1 aromatic carbocycles. The lowest BCUT2D eigenvalue weighted by Crippen LogP contribution is -2.43. The van der Waals surface area contributed by atoms with Crippen LogP contribution in [0.5, 0.6) is 0 Å². The molecular weight excluding hydrogens is 334 g/mol. The van der Waals surface area contributed by atoms with E-state index in [0.29, 0.717) is 21.5 Å². The van der Waals surface area contributed by atoms with Crippen LogP contribution in [0, 0.1) is 6.92 Å². The summed E-state index contributed by atoms with van der Waals surface area (Å²) in [5.74, 6) is 0. The topological polar surface area (TPSA) is 127 Å². The van der Waals surface area contributed by atoms with E-state index in [4.69, 9.17) is 0 Å². The van der Waals surface area contributed by atoms with Crippen molar-refractivity contribution in [3.8, 4) is 11.3 Å². The second kappa shape index (κ2) is 5.57. The van der Waals surface area contributed by atoms with Crippen LogP contribution in [0.25, 0.3) is 22.2 Å². The van der Waals surface area contributed by atoms with Crippen LogP contribution in [-0.4, -0.2) is 34.5 Å². The normalized spacial score (nSPS) is 11.6. The molecule has 0 saturated carbocycles. The Kier molecular flexibility index (Phi) is 3.68. The number of aryl methyl sites for hydroxylation is 1. The van der Waals surface area contributed by atoms with E-state index in [-0.39, 0.29) is 5.39 Å².